The Hall–Kier alpha value is -3.01. The monoisotopic (exact) mass is 356 g/mol. The van der Waals surface area contributed by atoms with Crippen molar-refractivity contribution in [3.63, 3.8) is 0 Å². The number of hydrogen-bond acceptors (Lipinski definition) is 3. The lowest BCUT2D eigenvalue weighted by Gasteiger charge is -2.06. The molecule has 1 aliphatic rings. The summed E-state index contributed by atoms with van der Waals surface area (Å²) in [5, 5.41) is 0. The van der Waals surface area contributed by atoms with E-state index < -0.39 is 0 Å². The molecule has 1 N–H and O–H groups in total. The van der Waals surface area contributed by atoms with E-state index in [2.05, 4.69) is 89.3 Å². The summed E-state index contributed by atoms with van der Waals surface area (Å²) in [5.74, 6) is 2.35. The molecule has 0 spiro atoms. The van der Waals surface area contributed by atoms with Crippen LogP contribution in [0, 0.1) is 5.92 Å². The molecule has 0 amide bonds. The van der Waals surface area contributed by atoms with Crippen LogP contribution in [0.1, 0.15) is 32.2 Å². The molecule has 1 aliphatic heterocycles. The summed E-state index contributed by atoms with van der Waals surface area (Å²) >= 11 is 0. The zero-order valence-corrected chi connectivity index (χ0v) is 16.0. The normalized spacial score (nSPS) is 13.8. The first kappa shape index (κ1) is 17.4. The van der Waals surface area contributed by atoms with Gasteiger partial charge in [0.2, 0.25) is 0 Å². The highest BCUT2D eigenvalue weighted by atomic mass is 15.0. The molecule has 0 fully saturated rings. The van der Waals surface area contributed by atoms with Crippen LogP contribution in [0.5, 0.6) is 0 Å². The van der Waals surface area contributed by atoms with Crippen molar-refractivity contribution in [2.75, 3.05) is 6.54 Å². The summed E-state index contributed by atoms with van der Waals surface area (Å²) in [5.41, 5.74) is 6.84. The molecule has 4 rings (SSSR count). The van der Waals surface area contributed by atoms with Gasteiger partial charge in [-0.1, -0.05) is 69.3 Å². The van der Waals surface area contributed by atoms with Crippen LogP contribution in [0.3, 0.4) is 0 Å². The van der Waals surface area contributed by atoms with Crippen molar-refractivity contribution in [3.05, 3.63) is 66.1 Å². The summed E-state index contributed by atoms with van der Waals surface area (Å²) in [7, 11) is 0. The number of amidine groups is 1. The average Bonchev–Trinajstić information content (AvgIpc) is 3.38. The second-order valence-corrected chi connectivity index (χ2v) is 7.14. The van der Waals surface area contributed by atoms with E-state index in [1.54, 1.807) is 0 Å². The maximum atomic E-state index is 4.67. The minimum Gasteiger partial charge on any atom is -0.342 e. The molecule has 1 aromatic heterocycles. The van der Waals surface area contributed by atoms with Crippen LogP contribution in [0.2, 0.25) is 0 Å². The molecule has 2 aromatic carbocycles. The molecule has 27 heavy (non-hydrogen) atoms. The van der Waals surface area contributed by atoms with Gasteiger partial charge >= 0.3 is 0 Å². The Balaban J connectivity index is 1.52. The molecule has 0 saturated heterocycles. The number of hydrogen-bond donors (Lipinski definition) is 1. The predicted octanol–water partition coefficient (Wildman–Crippen LogP) is 5.16. The number of nitrogens with zero attached hydrogens (tertiary/aromatic N) is 3. The molecular weight excluding hydrogens is 332 g/mol. The second kappa shape index (κ2) is 7.31. The Morgan fingerprint density at radius 2 is 1.48 bits per heavy atom. The molecule has 4 nitrogen and oxygen atoms in total. The summed E-state index contributed by atoms with van der Waals surface area (Å²) in [4.78, 5) is 16.9. The van der Waals surface area contributed by atoms with E-state index in [9.17, 15) is 0 Å². The van der Waals surface area contributed by atoms with Gasteiger partial charge in [-0.15, -0.1) is 0 Å². The van der Waals surface area contributed by atoms with Crippen LogP contribution in [0.15, 0.2) is 64.7 Å². The van der Waals surface area contributed by atoms with Gasteiger partial charge in [0.15, 0.2) is 0 Å². The molecular formula is C23H24N4. The fourth-order valence-electron chi connectivity index (χ4n) is 3.22. The Morgan fingerprint density at radius 3 is 2.00 bits per heavy atom. The van der Waals surface area contributed by atoms with Crippen molar-refractivity contribution in [1.82, 2.24) is 9.97 Å². The topological polar surface area (TPSA) is 53.4 Å². The van der Waals surface area contributed by atoms with Crippen molar-refractivity contribution < 1.29 is 0 Å². The highest BCUT2D eigenvalue weighted by Crippen LogP contribution is 2.25. The van der Waals surface area contributed by atoms with Crippen LogP contribution in [-0.4, -0.2) is 28.1 Å². The summed E-state index contributed by atoms with van der Waals surface area (Å²) in [6.45, 7) is 7.04. The van der Waals surface area contributed by atoms with E-state index in [1.807, 2.05) is 6.20 Å². The van der Waals surface area contributed by atoms with Crippen LogP contribution in [-0.2, 0) is 6.42 Å². The number of aromatic nitrogens is 2. The van der Waals surface area contributed by atoms with Crippen molar-refractivity contribution in [1.29, 1.82) is 0 Å². The SMILES string of the molecule is CCc1ncc(-c2ccc(-c3ccc(C4=NC(C(C)C)=NC4)cc3)cc2)[nH]1. The number of rotatable bonds is 5. The van der Waals surface area contributed by atoms with Crippen LogP contribution in [0.25, 0.3) is 22.4 Å². The highest BCUT2D eigenvalue weighted by molar-refractivity contribution is 6.13. The summed E-state index contributed by atoms with van der Waals surface area (Å²) in [6, 6.07) is 17.2. The molecule has 0 aliphatic carbocycles. The smallest absolute Gasteiger partial charge is 0.126 e. The Bertz CT molecular complexity index is 990. The first-order valence-corrected chi connectivity index (χ1v) is 9.51. The van der Waals surface area contributed by atoms with Gasteiger partial charge < -0.3 is 4.98 Å². The Labute approximate surface area is 160 Å². The molecule has 136 valence electrons. The molecule has 0 radical (unpaired) electrons. The zero-order chi connectivity index (χ0) is 18.8. The third-order valence-electron chi connectivity index (χ3n) is 4.87. The minimum absolute atomic E-state index is 0.378. The lowest BCUT2D eigenvalue weighted by molar-refractivity contribution is 0.874. The van der Waals surface area contributed by atoms with Crippen LogP contribution < -0.4 is 0 Å². The van der Waals surface area contributed by atoms with E-state index in [1.165, 1.54) is 11.1 Å². The minimum atomic E-state index is 0.378. The maximum absolute atomic E-state index is 4.67. The fourth-order valence-corrected chi connectivity index (χ4v) is 3.22. The highest BCUT2D eigenvalue weighted by Gasteiger charge is 2.14. The van der Waals surface area contributed by atoms with E-state index >= 15 is 0 Å². The lowest BCUT2D eigenvalue weighted by Crippen LogP contribution is -2.03. The summed E-state index contributed by atoms with van der Waals surface area (Å²) < 4.78 is 0. The van der Waals surface area contributed by atoms with E-state index in [0.717, 1.165) is 40.6 Å². The van der Waals surface area contributed by atoms with Gasteiger partial charge in [-0.2, -0.15) is 0 Å². The van der Waals surface area contributed by atoms with E-state index in [0.29, 0.717) is 12.5 Å². The Morgan fingerprint density at radius 1 is 0.889 bits per heavy atom. The largest absolute Gasteiger partial charge is 0.342 e. The number of imidazole rings is 1. The number of aromatic amines is 1. The molecule has 2 heterocycles. The van der Waals surface area contributed by atoms with Crippen molar-refractivity contribution >= 4 is 11.5 Å². The first-order valence-electron chi connectivity index (χ1n) is 9.51. The first-order chi connectivity index (χ1) is 13.1. The standard InChI is InChI=1S/C23H24N4/c1-4-22-24-13-20(26-22)18-9-5-16(6-10-18)17-7-11-19(12-8-17)21-14-25-23(27-21)15(2)3/h5-13,15H,4,14H2,1-3H3,(H,24,26). The number of nitrogens with one attached hydrogen (secondary N) is 1. The molecule has 0 unspecified atom stereocenters. The third-order valence-corrected chi connectivity index (χ3v) is 4.87. The zero-order valence-electron chi connectivity index (χ0n) is 16.0. The molecule has 3 aromatic rings. The van der Waals surface area contributed by atoms with Crippen LogP contribution >= 0.6 is 0 Å². The second-order valence-electron chi connectivity index (χ2n) is 7.14. The number of benzene rings is 2. The summed E-state index contributed by atoms with van der Waals surface area (Å²) in [6.07, 6.45) is 2.82. The van der Waals surface area contributed by atoms with Gasteiger partial charge in [0.05, 0.1) is 24.1 Å². The van der Waals surface area contributed by atoms with Crippen molar-refractivity contribution in [3.8, 4) is 22.4 Å². The van der Waals surface area contributed by atoms with Gasteiger partial charge in [0, 0.05) is 12.3 Å². The quantitative estimate of drug-likeness (QED) is 0.674. The number of aryl methyl sites for hydroxylation is 1. The average molecular weight is 356 g/mol. The molecule has 0 saturated carbocycles. The van der Waals surface area contributed by atoms with E-state index in [4.69, 9.17) is 0 Å². The number of H-pyrrole nitrogens is 1. The van der Waals surface area contributed by atoms with Gasteiger partial charge in [-0.3, -0.25) is 4.99 Å². The van der Waals surface area contributed by atoms with E-state index in [-0.39, 0.29) is 0 Å². The number of aliphatic imine (C=N–C) groups is 2. The molecule has 0 bridgehead atoms. The van der Waals surface area contributed by atoms with Gasteiger partial charge in [0.25, 0.3) is 0 Å². The Kier molecular flexibility index (Phi) is 4.71. The predicted molar refractivity (Wildman–Crippen MR) is 113 cm³/mol. The molecule has 0 atom stereocenters. The maximum Gasteiger partial charge on any atom is 0.126 e. The fraction of sp³-hybridized carbons (Fsp3) is 0.261. The lowest BCUT2D eigenvalue weighted by atomic mass is 10.0. The molecule has 4 heteroatoms. The van der Waals surface area contributed by atoms with Crippen molar-refractivity contribution in [2.45, 2.75) is 27.2 Å². The third kappa shape index (κ3) is 3.61. The van der Waals surface area contributed by atoms with Gasteiger partial charge in [0.1, 0.15) is 11.7 Å². The van der Waals surface area contributed by atoms with Gasteiger partial charge in [-0.05, 0) is 22.3 Å². The van der Waals surface area contributed by atoms with Gasteiger partial charge in [-0.25, -0.2) is 9.98 Å². The van der Waals surface area contributed by atoms with Crippen molar-refractivity contribution in [2.24, 2.45) is 15.9 Å². The van der Waals surface area contributed by atoms with Crippen LogP contribution in [0.4, 0.5) is 0 Å².